The lowest BCUT2D eigenvalue weighted by molar-refractivity contribution is 0.574. The van der Waals surface area contributed by atoms with Gasteiger partial charge in [0.1, 0.15) is 17.5 Å². The Hall–Kier alpha value is -3.02. The summed E-state index contributed by atoms with van der Waals surface area (Å²) in [5.41, 5.74) is 2.05. The quantitative estimate of drug-likeness (QED) is 0.773. The van der Waals surface area contributed by atoms with Crippen molar-refractivity contribution in [2.24, 2.45) is 0 Å². The zero-order valence-corrected chi connectivity index (χ0v) is 13.7. The van der Waals surface area contributed by atoms with E-state index < -0.39 is 11.6 Å². The third-order valence-electron chi connectivity index (χ3n) is 3.91. The molecule has 0 aliphatic heterocycles. The maximum Gasteiger partial charge on any atom is 0.251 e. The summed E-state index contributed by atoms with van der Waals surface area (Å²) >= 11 is 0. The number of anilines is 1. The first-order chi connectivity index (χ1) is 12.0. The molecule has 0 atom stereocenters. The second-order valence-electron chi connectivity index (χ2n) is 5.73. The fourth-order valence-electron chi connectivity index (χ4n) is 2.53. The summed E-state index contributed by atoms with van der Waals surface area (Å²) in [4.78, 5) is 16.2. The van der Waals surface area contributed by atoms with Gasteiger partial charge in [-0.3, -0.25) is 4.79 Å². The zero-order valence-electron chi connectivity index (χ0n) is 13.7. The van der Waals surface area contributed by atoms with Gasteiger partial charge in [0, 0.05) is 36.1 Å². The minimum Gasteiger partial charge on any atom is -0.366 e. The number of pyridine rings is 2. The van der Waals surface area contributed by atoms with Crippen LogP contribution < -0.4 is 10.9 Å². The molecule has 3 aromatic rings. The molecule has 4 nitrogen and oxygen atoms in total. The van der Waals surface area contributed by atoms with Gasteiger partial charge in [-0.1, -0.05) is 12.1 Å². The lowest BCUT2D eigenvalue weighted by atomic mass is 10.2. The van der Waals surface area contributed by atoms with Gasteiger partial charge in [0.2, 0.25) is 0 Å². The van der Waals surface area contributed by atoms with Crippen molar-refractivity contribution in [2.45, 2.75) is 20.0 Å². The number of aryl methyl sites for hydroxylation is 1. The number of hydrogen-bond acceptors (Lipinski definition) is 3. The van der Waals surface area contributed by atoms with Crippen molar-refractivity contribution >= 4 is 5.82 Å². The highest BCUT2D eigenvalue weighted by Crippen LogP contribution is 2.13. The Morgan fingerprint density at radius 2 is 1.96 bits per heavy atom. The Morgan fingerprint density at radius 3 is 2.72 bits per heavy atom. The Morgan fingerprint density at radius 1 is 1.12 bits per heavy atom. The minimum atomic E-state index is -0.606. The molecule has 0 saturated carbocycles. The lowest BCUT2D eigenvalue weighted by Gasteiger charge is -2.11. The molecular weight excluding hydrogens is 324 g/mol. The van der Waals surface area contributed by atoms with E-state index in [2.05, 4.69) is 10.3 Å². The minimum absolute atomic E-state index is 0.0697. The monoisotopic (exact) mass is 341 g/mol. The van der Waals surface area contributed by atoms with Crippen LogP contribution in [0.15, 0.2) is 59.5 Å². The topological polar surface area (TPSA) is 46.9 Å². The van der Waals surface area contributed by atoms with E-state index in [1.54, 1.807) is 22.9 Å². The van der Waals surface area contributed by atoms with Crippen molar-refractivity contribution in [3.8, 4) is 0 Å². The lowest BCUT2D eigenvalue weighted by Crippen LogP contribution is -2.21. The van der Waals surface area contributed by atoms with E-state index in [-0.39, 0.29) is 12.1 Å². The van der Waals surface area contributed by atoms with E-state index in [4.69, 9.17) is 0 Å². The number of aromatic nitrogens is 2. The number of benzene rings is 1. The number of nitrogens with one attached hydrogen (secondary N) is 1. The van der Waals surface area contributed by atoms with Crippen LogP contribution in [0.1, 0.15) is 16.8 Å². The Balaban J connectivity index is 1.74. The van der Waals surface area contributed by atoms with Crippen LogP contribution >= 0.6 is 0 Å². The third kappa shape index (κ3) is 4.09. The number of rotatable bonds is 5. The van der Waals surface area contributed by atoms with Gasteiger partial charge < -0.3 is 9.88 Å². The van der Waals surface area contributed by atoms with Crippen LogP contribution in [0.5, 0.6) is 0 Å². The molecule has 2 heterocycles. The first kappa shape index (κ1) is 16.8. The molecule has 0 unspecified atom stereocenters. The molecule has 1 aromatic carbocycles. The molecule has 0 fully saturated rings. The average Bonchev–Trinajstić information content (AvgIpc) is 2.58. The van der Waals surface area contributed by atoms with Gasteiger partial charge in [0.25, 0.3) is 5.56 Å². The second kappa shape index (κ2) is 7.25. The van der Waals surface area contributed by atoms with Gasteiger partial charge in [-0.15, -0.1) is 0 Å². The SMILES string of the molecule is Cc1cccc(=O)n1Cc1ccnc(NCc2ccc(F)cc2F)c1. The Bertz CT molecular complexity index is 953. The zero-order chi connectivity index (χ0) is 17.8. The highest BCUT2D eigenvalue weighted by Gasteiger charge is 2.06. The average molecular weight is 341 g/mol. The molecule has 2 aromatic heterocycles. The van der Waals surface area contributed by atoms with Crippen molar-refractivity contribution in [1.82, 2.24) is 9.55 Å². The van der Waals surface area contributed by atoms with E-state index >= 15 is 0 Å². The van der Waals surface area contributed by atoms with Crippen LogP contribution in [0.4, 0.5) is 14.6 Å². The normalized spacial score (nSPS) is 10.7. The first-order valence-corrected chi connectivity index (χ1v) is 7.82. The van der Waals surface area contributed by atoms with Gasteiger partial charge >= 0.3 is 0 Å². The van der Waals surface area contributed by atoms with Crippen molar-refractivity contribution in [3.05, 3.63) is 93.5 Å². The molecule has 0 saturated heterocycles. The second-order valence-corrected chi connectivity index (χ2v) is 5.73. The van der Waals surface area contributed by atoms with Crippen LogP contribution in [0.2, 0.25) is 0 Å². The standard InChI is InChI=1S/C19H17F2N3O/c1-13-3-2-4-19(25)24(13)12-14-7-8-22-18(9-14)23-11-15-5-6-16(20)10-17(15)21/h2-10H,11-12H2,1H3,(H,22,23). The number of hydrogen-bond donors (Lipinski definition) is 1. The molecule has 25 heavy (non-hydrogen) atoms. The molecule has 3 rings (SSSR count). The van der Waals surface area contributed by atoms with E-state index in [9.17, 15) is 13.6 Å². The maximum atomic E-state index is 13.7. The molecule has 128 valence electrons. The summed E-state index contributed by atoms with van der Waals surface area (Å²) in [5.74, 6) is -0.650. The summed E-state index contributed by atoms with van der Waals surface area (Å²) in [6, 6.07) is 12.2. The molecule has 0 amide bonds. The Labute approximate surface area is 143 Å². The van der Waals surface area contributed by atoms with Crippen LogP contribution in [0.3, 0.4) is 0 Å². The van der Waals surface area contributed by atoms with Crippen molar-refractivity contribution in [1.29, 1.82) is 0 Å². The Kier molecular flexibility index (Phi) is 4.88. The maximum absolute atomic E-state index is 13.7. The van der Waals surface area contributed by atoms with Gasteiger partial charge in [-0.2, -0.15) is 0 Å². The molecule has 0 radical (unpaired) electrons. The molecule has 0 bridgehead atoms. The molecule has 0 spiro atoms. The number of halogens is 2. The van der Waals surface area contributed by atoms with Crippen LogP contribution in [0.25, 0.3) is 0 Å². The molecule has 6 heteroatoms. The summed E-state index contributed by atoms with van der Waals surface area (Å²) in [5, 5.41) is 3.02. The van der Waals surface area contributed by atoms with Crippen molar-refractivity contribution < 1.29 is 8.78 Å². The molecular formula is C19H17F2N3O. The third-order valence-corrected chi connectivity index (χ3v) is 3.91. The molecule has 0 aliphatic rings. The van der Waals surface area contributed by atoms with E-state index in [1.165, 1.54) is 18.2 Å². The predicted molar refractivity (Wildman–Crippen MR) is 92.5 cm³/mol. The summed E-state index contributed by atoms with van der Waals surface area (Å²) in [6.45, 7) is 2.49. The van der Waals surface area contributed by atoms with E-state index in [1.807, 2.05) is 19.1 Å². The van der Waals surface area contributed by atoms with Crippen LogP contribution in [-0.4, -0.2) is 9.55 Å². The highest BCUT2D eigenvalue weighted by molar-refractivity contribution is 5.39. The van der Waals surface area contributed by atoms with Crippen LogP contribution in [0, 0.1) is 18.6 Å². The van der Waals surface area contributed by atoms with E-state index in [0.29, 0.717) is 17.9 Å². The summed E-state index contributed by atoms with van der Waals surface area (Å²) in [7, 11) is 0. The van der Waals surface area contributed by atoms with Gasteiger partial charge in [-0.25, -0.2) is 13.8 Å². The first-order valence-electron chi connectivity index (χ1n) is 7.82. The van der Waals surface area contributed by atoms with Crippen molar-refractivity contribution in [3.63, 3.8) is 0 Å². The van der Waals surface area contributed by atoms with Crippen molar-refractivity contribution in [2.75, 3.05) is 5.32 Å². The van der Waals surface area contributed by atoms with Gasteiger partial charge in [0.05, 0.1) is 6.54 Å². The largest absolute Gasteiger partial charge is 0.366 e. The molecule has 1 N–H and O–H groups in total. The smallest absolute Gasteiger partial charge is 0.251 e. The fourth-order valence-corrected chi connectivity index (χ4v) is 2.53. The summed E-state index contributed by atoms with van der Waals surface area (Å²) in [6.07, 6.45) is 1.63. The highest BCUT2D eigenvalue weighted by atomic mass is 19.1. The fraction of sp³-hybridized carbons (Fsp3) is 0.158. The van der Waals surface area contributed by atoms with E-state index in [0.717, 1.165) is 17.3 Å². The number of nitrogens with zero attached hydrogens (tertiary/aromatic N) is 2. The van der Waals surface area contributed by atoms with Gasteiger partial charge in [0.15, 0.2) is 0 Å². The van der Waals surface area contributed by atoms with Crippen LogP contribution in [-0.2, 0) is 13.1 Å². The van der Waals surface area contributed by atoms with Gasteiger partial charge in [-0.05, 0) is 36.8 Å². The predicted octanol–water partition coefficient (Wildman–Crippen LogP) is 3.49. The molecule has 0 aliphatic carbocycles. The summed E-state index contributed by atoms with van der Waals surface area (Å²) < 4.78 is 28.3.